The van der Waals surface area contributed by atoms with E-state index in [9.17, 15) is 0 Å². The number of halogens is 2. The molecule has 17 heavy (non-hydrogen) atoms. The van der Waals surface area contributed by atoms with Crippen LogP contribution in [0.2, 0.25) is 5.02 Å². The molecule has 0 bridgehead atoms. The average Bonchev–Trinajstić information content (AvgIpc) is 2.38. The lowest BCUT2D eigenvalue weighted by Crippen LogP contribution is -2.02. The van der Waals surface area contributed by atoms with Crippen LogP contribution in [0, 0.1) is 0 Å². The zero-order valence-electron chi connectivity index (χ0n) is 9.29. The first-order valence-electron chi connectivity index (χ1n) is 5.42. The van der Waals surface area contributed by atoms with Gasteiger partial charge in [-0.05, 0) is 23.3 Å². The van der Waals surface area contributed by atoms with E-state index in [-0.39, 0.29) is 0 Å². The molecule has 3 heteroatoms. The van der Waals surface area contributed by atoms with Crippen molar-refractivity contribution in [1.29, 1.82) is 0 Å². The molecule has 2 aromatic carbocycles. The van der Waals surface area contributed by atoms with E-state index in [4.69, 9.17) is 23.2 Å². The zero-order valence-corrected chi connectivity index (χ0v) is 10.8. The van der Waals surface area contributed by atoms with Crippen LogP contribution in [0.25, 0.3) is 0 Å². The van der Waals surface area contributed by atoms with Crippen molar-refractivity contribution >= 4 is 28.9 Å². The molecule has 0 heterocycles. The highest BCUT2D eigenvalue weighted by Gasteiger charge is 2.02. The molecule has 0 amide bonds. The van der Waals surface area contributed by atoms with Gasteiger partial charge in [-0.3, -0.25) is 0 Å². The lowest BCUT2D eigenvalue weighted by molar-refractivity contribution is 1.14. The SMILES string of the molecule is ClCc1ccccc1NCc1ccccc1Cl. The van der Waals surface area contributed by atoms with E-state index in [1.807, 2.05) is 48.5 Å². The third-order valence-corrected chi connectivity index (χ3v) is 3.25. The topological polar surface area (TPSA) is 12.0 Å². The van der Waals surface area contributed by atoms with Crippen LogP contribution >= 0.6 is 23.2 Å². The Balaban J connectivity index is 2.10. The predicted octanol–water partition coefficient (Wildman–Crippen LogP) is 4.69. The third-order valence-electron chi connectivity index (χ3n) is 2.59. The van der Waals surface area contributed by atoms with Gasteiger partial charge in [0.2, 0.25) is 0 Å². The van der Waals surface area contributed by atoms with E-state index in [1.54, 1.807) is 0 Å². The van der Waals surface area contributed by atoms with Crippen LogP contribution in [0.5, 0.6) is 0 Å². The fraction of sp³-hybridized carbons (Fsp3) is 0.143. The van der Waals surface area contributed by atoms with E-state index < -0.39 is 0 Å². The highest BCUT2D eigenvalue weighted by molar-refractivity contribution is 6.31. The van der Waals surface area contributed by atoms with E-state index in [1.165, 1.54) is 0 Å². The molecular weight excluding hydrogens is 253 g/mol. The summed E-state index contributed by atoms with van der Waals surface area (Å²) in [5.74, 6) is 0.506. The molecular formula is C14H13Cl2N. The molecule has 2 aromatic rings. The summed E-state index contributed by atoms with van der Waals surface area (Å²) in [6, 6.07) is 15.8. The van der Waals surface area contributed by atoms with Crippen LogP contribution in [0.1, 0.15) is 11.1 Å². The van der Waals surface area contributed by atoms with Crippen molar-refractivity contribution in [2.45, 2.75) is 12.4 Å². The first-order chi connectivity index (χ1) is 8.31. The lowest BCUT2D eigenvalue weighted by atomic mass is 10.2. The van der Waals surface area contributed by atoms with Gasteiger partial charge in [-0.15, -0.1) is 11.6 Å². The van der Waals surface area contributed by atoms with Gasteiger partial charge in [-0.2, -0.15) is 0 Å². The molecule has 0 unspecified atom stereocenters. The van der Waals surface area contributed by atoms with Gasteiger partial charge in [-0.25, -0.2) is 0 Å². The molecule has 1 N–H and O–H groups in total. The molecule has 1 nitrogen and oxygen atoms in total. The molecule has 0 atom stereocenters. The highest BCUT2D eigenvalue weighted by atomic mass is 35.5. The monoisotopic (exact) mass is 265 g/mol. The summed E-state index contributed by atoms with van der Waals surface area (Å²) in [7, 11) is 0. The molecule has 0 saturated heterocycles. The maximum atomic E-state index is 6.10. The number of alkyl halides is 1. The molecule has 0 aliphatic rings. The molecule has 88 valence electrons. The van der Waals surface area contributed by atoms with Gasteiger partial charge in [0.05, 0.1) is 0 Å². The van der Waals surface area contributed by atoms with Gasteiger partial charge in [0.25, 0.3) is 0 Å². The van der Waals surface area contributed by atoms with Gasteiger partial charge >= 0.3 is 0 Å². The summed E-state index contributed by atoms with van der Waals surface area (Å²) in [5.41, 5.74) is 3.24. The Hall–Kier alpha value is -1.18. The van der Waals surface area contributed by atoms with Crippen molar-refractivity contribution in [3.05, 3.63) is 64.7 Å². The minimum atomic E-state index is 0.506. The number of benzene rings is 2. The first-order valence-corrected chi connectivity index (χ1v) is 6.33. The van der Waals surface area contributed by atoms with Crippen LogP contribution < -0.4 is 5.32 Å². The maximum Gasteiger partial charge on any atom is 0.0494 e. The molecule has 0 saturated carbocycles. The lowest BCUT2D eigenvalue weighted by Gasteiger charge is -2.11. The van der Waals surface area contributed by atoms with Gasteiger partial charge in [-0.1, -0.05) is 48.0 Å². The zero-order chi connectivity index (χ0) is 12.1. The Kier molecular flexibility index (Phi) is 4.29. The van der Waals surface area contributed by atoms with Gasteiger partial charge in [0.1, 0.15) is 0 Å². The summed E-state index contributed by atoms with van der Waals surface area (Å²) < 4.78 is 0. The molecule has 0 spiro atoms. The van der Waals surface area contributed by atoms with Crippen molar-refractivity contribution in [3.63, 3.8) is 0 Å². The van der Waals surface area contributed by atoms with E-state index in [0.717, 1.165) is 21.8 Å². The van der Waals surface area contributed by atoms with Crippen molar-refractivity contribution in [1.82, 2.24) is 0 Å². The standard InChI is InChI=1S/C14H13Cl2N/c15-9-11-5-2-4-8-14(11)17-10-12-6-1-3-7-13(12)16/h1-8,17H,9-10H2. The minimum Gasteiger partial charge on any atom is -0.381 e. The summed E-state index contributed by atoms with van der Waals surface area (Å²) >= 11 is 12.0. The highest BCUT2D eigenvalue weighted by Crippen LogP contribution is 2.20. The van der Waals surface area contributed by atoms with Crippen LogP contribution in [-0.4, -0.2) is 0 Å². The summed E-state index contributed by atoms with van der Waals surface area (Å²) in [5, 5.41) is 4.13. The fourth-order valence-electron chi connectivity index (χ4n) is 1.64. The fourth-order valence-corrected chi connectivity index (χ4v) is 2.08. The summed E-state index contributed by atoms with van der Waals surface area (Å²) in [6.07, 6.45) is 0. The molecule has 0 radical (unpaired) electrons. The average molecular weight is 266 g/mol. The van der Waals surface area contributed by atoms with Crippen LogP contribution in [0.4, 0.5) is 5.69 Å². The number of anilines is 1. The normalized spacial score (nSPS) is 10.2. The summed E-state index contributed by atoms with van der Waals surface area (Å²) in [4.78, 5) is 0. The van der Waals surface area contributed by atoms with Crippen molar-refractivity contribution < 1.29 is 0 Å². The molecule has 0 fully saturated rings. The Labute approximate surface area is 111 Å². The second-order valence-electron chi connectivity index (χ2n) is 3.74. The van der Waals surface area contributed by atoms with E-state index in [2.05, 4.69) is 5.32 Å². The predicted molar refractivity (Wildman–Crippen MR) is 74.8 cm³/mol. The van der Waals surface area contributed by atoms with Crippen LogP contribution in [0.3, 0.4) is 0 Å². The minimum absolute atomic E-state index is 0.506. The van der Waals surface area contributed by atoms with Gasteiger partial charge in [0.15, 0.2) is 0 Å². The molecule has 0 aromatic heterocycles. The Morgan fingerprint density at radius 1 is 0.882 bits per heavy atom. The molecule has 0 aliphatic heterocycles. The largest absolute Gasteiger partial charge is 0.381 e. The van der Waals surface area contributed by atoms with Gasteiger partial charge < -0.3 is 5.32 Å². The number of rotatable bonds is 4. The first kappa shape index (κ1) is 12.3. The number of para-hydroxylation sites is 1. The number of hydrogen-bond acceptors (Lipinski definition) is 1. The third kappa shape index (κ3) is 3.15. The van der Waals surface area contributed by atoms with Crippen LogP contribution in [0.15, 0.2) is 48.5 Å². The maximum absolute atomic E-state index is 6.10. The second-order valence-corrected chi connectivity index (χ2v) is 4.41. The van der Waals surface area contributed by atoms with Gasteiger partial charge in [0, 0.05) is 23.1 Å². The Bertz CT molecular complexity index is 497. The van der Waals surface area contributed by atoms with Crippen LogP contribution in [-0.2, 0) is 12.4 Å². The number of nitrogens with one attached hydrogen (secondary N) is 1. The second kappa shape index (κ2) is 5.95. The smallest absolute Gasteiger partial charge is 0.0494 e. The summed E-state index contributed by atoms with van der Waals surface area (Å²) in [6.45, 7) is 0.702. The van der Waals surface area contributed by atoms with Crippen molar-refractivity contribution in [2.75, 3.05) is 5.32 Å². The molecule has 2 rings (SSSR count). The van der Waals surface area contributed by atoms with Crippen molar-refractivity contribution in [3.8, 4) is 0 Å². The van der Waals surface area contributed by atoms with E-state index >= 15 is 0 Å². The Morgan fingerprint density at radius 3 is 2.24 bits per heavy atom. The molecule has 0 aliphatic carbocycles. The quantitative estimate of drug-likeness (QED) is 0.791. The Morgan fingerprint density at radius 2 is 1.53 bits per heavy atom. The van der Waals surface area contributed by atoms with E-state index in [0.29, 0.717) is 12.4 Å². The number of hydrogen-bond donors (Lipinski definition) is 1. The van der Waals surface area contributed by atoms with Crippen molar-refractivity contribution in [2.24, 2.45) is 0 Å².